The topological polar surface area (TPSA) is 30.5 Å². The maximum Gasteiger partial charge on any atom is 0.181 e. The van der Waals surface area contributed by atoms with Crippen LogP contribution in [0.15, 0.2) is 36.4 Å². The molecule has 114 valence electrons. The van der Waals surface area contributed by atoms with Crippen LogP contribution in [0, 0.1) is 19.3 Å². The Morgan fingerprint density at radius 1 is 1.27 bits per heavy atom. The van der Waals surface area contributed by atoms with Crippen molar-refractivity contribution < 1.29 is 9.47 Å². The van der Waals surface area contributed by atoms with E-state index in [1.807, 2.05) is 30.3 Å². The molecule has 0 aliphatic carbocycles. The number of halogens is 1. The van der Waals surface area contributed by atoms with Gasteiger partial charge in [0.2, 0.25) is 0 Å². The maximum absolute atomic E-state index is 6.26. The number of anilines is 1. The molecular formula is C18H18ClNO2. The average molecular weight is 316 g/mol. The highest BCUT2D eigenvalue weighted by molar-refractivity contribution is 6.32. The molecule has 0 aromatic heterocycles. The van der Waals surface area contributed by atoms with Crippen molar-refractivity contribution in [3.63, 3.8) is 0 Å². The zero-order valence-electron chi connectivity index (χ0n) is 12.7. The van der Waals surface area contributed by atoms with Crippen molar-refractivity contribution in [2.45, 2.75) is 13.5 Å². The first-order valence-electron chi connectivity index (χ1n) is 6.88. The predicted molar refractivity (Wildman–Crippen MR) is 90.8 cm³/mol. The van der Waals surface area contributed by atoms with E-state index >= 15 is 0 Å². The summed E-state index contributed by atoms with van der Waals surface area (Å²) in [7, 11) is 1.58. The highest BCUT2D eigenvalue weighted by Crippen LogP contribution is 2.36. The van der Waals surface area contributed by atoms with Gasteiger partial charge in [0.05, 0.1) is 12.1 Å². The molecule has 0 bridgehead atoms. The second kappa shape index (κ2) is 7.63. The summed E-state index contributed by atoms with van der Waals surface area (Å²) in [6.07, 6.45) is 5.21. The molecule has 0 atom stereocenters. The third-order valence-corrected chi connectivity index (χ3v) is 3.50. The maximum atomic E-state index is 6.26. The Bertz CT molecular complexity index is 692. The van der Waals surface area contributed by atoms with Gasteiger partial charge in [-0.1, -0.05) is 35.7 Å². The van der Waals surface area contributed by atoms with E-state index in [0.717, 1.165) is 11.3 Å². The van der Waals surface area contributed by atoms with Crippen molar-refractivity contribution in [1.82, 2.24) is 0 Å². The summed E-state index contributed by atoms with van der Waals surface area (Å²) in [5, 5.41) is 3.87. The van der Waals surface area contributed by atoms with Crippen molar-refractivity contribution in [1.29, 1.82) is 0 Å². The standard InChI is InChI=1S/C18H18ClNO2/c1-4-9-22-18-15(19)10-14(11-17(18)21-3)12-20-16-8-6-5-7-13(16)2/h1,5-8,10-11,20H,9,12H2,2-3H3. The second-order valence-electron chi connectivity index (χ2n) is 4.77. The molecule has 4 heteroatoms. The minimum Gasteiger partial charge on any atom is -0.493 e. The number of nitrogens with one attached hydrogen (secondary N) is 1. The fraction of sp³-hybridized carbons (Fsp3) is 0.222. The van der Waals surface area contributed by atoms with Crippen LogP contribution in [-0.4, -0.2) is 13.7 Å². The first-order valence-corrected chi connectivity index (χ1v) is 7.25. The number of ether oxygens (including phenoxy) is 2. The van der Waals surface area contributed by atoms with E-state index in [-0.39, 0.29) is 6.61 Å². The van der Waals surface area contributed by atoms with E-state index in [4.69, 9.17) is 27.5 Å². The Morgan fingerprint density at radius 3 is 2.73 bits per heavy atom. The molecular weight excluding hydrogens is 298 g/mol. The Hall–Kier alpha value is -2.31. The van der Waals surface area contributed by atoms with Crippen LogP contribution < -0.4 is 14.8 Å². The van der Waals surface area contributed by atoms with Gasteiger partial charge < -0.3 is 14.8 Å². The van der Waals surface area contributed by atoms with Gasteiger partial charge in [0.1, 0.15) is 6.61 Å². The molecule has 0 saturated heterocycles. The van der Waals surface area contributed by atoms with Gasteiger partial charge in [-0.25, -0.2) is 0 Å². The van der Waals surface area contributed by atoms with E-state index in [1.165, 1.54) is 5.56 Å². The van der Waals surface area contributed by atoms with Crippen LogP contribution in [-0.2, 0) is 6.54 Å². The minimum absolute atomic E-state index is 0.150. The van der Waals surface area contributed by atoms with Crippen molar-refractivity contribution in [3.05, 3.63) is 52.5 Å². The van der Waals surface area contributed by atoms with Crippen molar-refractivity contribution in [3.8, 4) is 23.8 Å². The number of para-hydroxylation sites is 1. The third kappa shape index (κ3) is 3.87. The van der Waals surface area contributed by atoms with Crippen LogP contribution >= 0.6 is 11.6 Å². The van der Waals surface area contributed by atoms with E-state index in [9.17, 15) is 0 Å². The average Bonchev–Trinajstić information content (AvgIpc) is 2.52. The van der Waals surface area contributed by atoms with Gasteiger partial charge in [-0.05, 0) is 36.2 Å². The van der Waals surface area contributed by atoms with Gasteiger partial charge in [0.25, 0.3) is 0 Å². The molecule has 2 rings (SSSR count). The molecule has 0 aliphatic heterocycles. The summed E-state index contributed by atoms with van der Waals surface area (Å²) in [6, 6.07) is 11.9. The summed E-state index contributed by atoms with van der Waals surface area (Å²) in [6.45, 7) is 2.85. The fourth-order valence-electron chi connectivity index (χ4n) is 2.10. The summed E-state index contributed by atoms with van der Waals surface area (Å²) in [5.41, 5.74) is 3.28. The normalized spacial score (nSPS) is 9.91. The molecule has 0 aliphatic rings. The molecule has 0 saturated carbocycles. The van der Waals surface area contributed by atoms with Crippen LogP contribution in [0.5, 0.6) is 11.5 Å². The van der Waals surface area contributed by atoms with E-state index < -0.39 is 0 Å². The van der Waals surface area contributed by atoms with E-state index in [2.05, 4.69) is 24.2 Å². The number of methoxy groups -OCH3 is 1. The SMILES string of the molecule is C#CCOc1c(Cl)cc(CNc2ccccc2C)cc1OC. The quantitative estimate of drug-likeness (QED) is 0.807. The molecule has 0 amide bonds. The van der Waals surface area contributed by atoms with Gasteiger partial charge in [-0.3, -0.25) is 0 Å². The first-order chi connectivity index (χ1) is 10.7. The Morgan fingerprint density at radius 2 is 2.05 bits per heavy atom. The lowest BCUT2D eigenvalue weighted by Gasteiger charge is -2.14. The lowest BCUT2D eigenvalue weighted by atomic mass is 10.1. The Balaban J connectivity index is 2.17. The van der Waals surface area contributed by atoms with Crippen LogP contribution in [0.1, 0.15) is 11.1 Å². The first kappa shape index (κ1) is 16.1. The van der Waals surface area contributed by atoms with Crippen LogP contribution in [0.3, 0.4) is 0 Å². The van der Waals surface area contributed by atoms with E-state index in [0.29, 0.717) is 23.1 Å². The Kier molecular flexibility index (Phi) is 5.57. The number of terminal acetylenes is 1. The minimum atomic E-state index is 0.150. The molecule has 0 unspecified atom stereocenters. The molecule has 0 heterocycles. The lowest BCUT2D eigenvalue weighted by molar-refractivity contribution is 0.331. The molecule has 2 aromatic carbocycles. The molecule has 22 heavy (non-hydrogen) atoms. The largest absolute Gasteiger partial charge is 0.493 e. The number of hydrogen-bond donors (Lipinski definition) is 1. The van der Waals surface area contributed by atoms with Crippen molar-refractivity contribution >= 4 is 17.3 Å². The van der Waals surface area contributed by atoms with Crippen LogP contribution in [0.2, 0.25) is 5.02 Å². The van der Waals surface area contributed by atoms with Crippen molar-refractivity contribution in [2.75, 3.05) is 19.0 Å². The van der Waals surface area contributed by atoms with Gasteiger partial charge in [-0.15, -0.1) is 6.42 Å². The molecule has 0 fully saturated rings. The number of hydrogen-bond acceptors (Lipinski definition) is 3. The second-order valence-corrected chi connectivity index (χ2v) is 5.18. The van der Waals surface area contributed by atoms with Crippen molar-refractivity contribution in [2.24, 2.45) is 0 Å². The summed E-state index contributed by atoms with van der Waals surface area (Å²) in [4.78, 5) is 0. The summed E-state index contributed by atoms with van der Waals surface area (Å²) in [5.74, 6) is 3.46. The van der Waals surface area contributed by atoms with Gasteiger partial charge in [0.15, 0.2) is 11.5 Å². The molecule has 0 spiro atoms. The van der Waals surface area contributed by atoms with Gasteiger partial charge in [0, 0.05) is 12.2 Å². The molecule has 1 N–H and O–H groups in total. The number of aryl methyl sites for hydroxylation is 1. The van der Waals surface area contributed by atoms with E-state index in [1.54, 1.807) is 7.11 Å². The molecule has 3 nitrogen and oxygen atoms in total. The zero-order valence-corrected chi connectivity index (χ0v) is 13.4. The number of rotatable bonds is 6. The molecule has 0 radical (unpaired) electrons. The Labute approximate surface area is 136 Å². The third-order valence-electron chi connectivity index (χ3n) is 3.22. The van der Waals surface area contributed by atoms with Crippen LogP contribution in [0.4, 0.5) is 5.69 Å². The van der Waals surface area contributed by atoms with Gasteiger partial charge >= 0.3 is 0 Å². The van der Waals surface area contributed by atoms with Gasteiger partial charge in [-0.2, -0.15) is 0 Å². The lowest BCUT2D eigenvalue weighted by Crippen LogP contribution is -2.03. The highest BCUT2D eigenvalue weighted by atomic mass is 35.5. The monoisotopic (exact) mass is 315 g/mol. The summed E-state index contributed by atoms with van der Waals surface area (Å²) < 4.78 is 10.8. The fourth-order valence-corrected chi connectivity index (χ4v) is 2.39. The summed E-state index contributed by atoms with van der Waals surface area (Å²) >= 11 is 6.26. The predicted octanol–water partition coefficient (Wildman–Crippen LogP) is 4.28. The highest BCUT2D eigenvalue weighted by Gasteiger charge is 2.12. The van der Waals surface area contributed by atoms with Crippen LogP contribution in [0.25, 0.3) is 0 Å². The molecule has 2 aromatic rings. The zero-order chi connectivity index (χ0) is 15.9. The smallest absolute Gasteiger partial charge is 0.181 e. The number of benzene rings is 2.